The minimum absolute atomic E-state index is 0.0375. The van der Waals surface area contributed by atoms with E-state index in [2.05, 4.69) is 10.6 Å². The van der Waals surface area contributed by atoms with Gasteiger partial charge >= 0.3 is 0 Å². The fraction of sp³-hybridized carbons (Fsp3) is 0.875. The van der Waals surface area contributed by atoms with Crippen LogP contribution >= 0.6 is 0 Å². The Morgan fingerprint density at radius 1 is 1.58 bits per heavy atom. The second-order valence-electron chi connectivity index (χ2n) is 3.32. The lowest BCUT2D eigenvalue weighted by atomic mass is 10.2. The van der Waals surface area contributed by atoms with Crippen LogP contribution < -0.4 is 16.4 Å². The van der Waals surface area contributed by atoms with Crippen LogP contribution in [0, 0.1) is 0 Å². The number of nitrogens with two attached hydrogens (primary N) is 1. The first kappa shape index (κ1) is 9.48. The van der Waals surface area contributed by atoms with Crippen molar-refractivity contribution < 1.29 is 4.79 Å². The van der Waals surface area contributed by atoms with Gasteiger partial charge in [-0.2, -0.15) is 0 Å². The van der Waals surface area contributed by atoms with Crippen LogP contribution in [0.3, 0.4) is 0 Å². The van der Waals surface area contributed by atoms with E-state index in [0.717, 1.165) is 19.3 Å². The fourth-order valence-corrected chi connectivity index (χ4v) is 1.53. The van der Waals surface area contributed by atoms with E-state index in [1.807, 2.05) is 0 Å². The first-order valence-electron chi connectivity index (χ1n) is 4.42. The zero-order chi connectivity index (χ0) is 8.97. The molecular weight excluding hydrogens is 154 g/mol. The van der Waals surface area contributed by atoms with Crippen LogP contribution in [-0.4, -0.2) is 31.6 Å². The van der Waals surface area contributed by atoms with E-state index in [1.54, 1.807) is 7.05 Å². The molecule has 12 heavy (non-hydrogen) atoms. The van der Waals surface area contributed by atoms with Crippen LogP contribution in [0.1, 0.15) is 19.3 Å². The summed E-state index contributed by atoms with van der Waals surface area (Å²) in [4.78, 5) is 10.8. The van der Waals surface area contributed by atoms with Gasteiger partial charge in [0.25, 0.3) is 0 Å². The second-order valence-corrected chi connectivity index (χ2v) is 3.32. The van der Waals surface area contributed by atoms with Gasteiger partial charge < -0.3 is 16.4 Å². The highest BCUT2D eigenvalue weighted by Gasteiger charge is 2.21. The topological polar surface area (TPSA) is 67.2 Å². The van der Waals surface area contributed by atoms with E-state index >= 15 is 0 Å². The average Bonchev–Trinajstić information content (AvgIpc) is 2.47. The van der Waals surface area contributed by atoms with Gasteiger partial charge in [-0.25, -0.2) is 0 Å². The second kappa shape index (κ2) is 4.42. The van der Waals surface area contributed by atoms with Crippen LogP contribution in [0.4, 0.5) is 0 Å². The molecule has 1 saturated carbocycles. The van der Waals surface area contributed by atoms with Gasteiger partial charge in [-0.3, -0.25) is 4.79 Å². The molecule has 1 aliphatic carbocycles. The minimum atomic E-state index is 0.0375. The molecule has 70 valence electrons. The summed E-state index contributed by atoms with van der Waals surface area (Å²) in [5.41, 5.74) is 5.72. The Hall–Kier alpha value is -0.610. The summed E-state index contributed by atoms with van der Waals surface area (Å²) >= 11 is 0. The smallest absolute Gasteiger partial charge is 0.233 e. The highest BCUT2D eigenvalue weighted by atomic mass is 16.1. The van der Waals surface area contributed by atoms with Crippen LogP contribution in [0.5, 0.6) is 0 Å². The van der Waals surface area contributed by atoms with Crippen molar-refractivity contribution >= 4 is 5.91 Å². The van der Waals surface area contributed by atoms with E-state index in [4.69, 9.17) is 5.73 Å². The summed E-state index contributed by atoms with van der Waals surface area (Å²) in [6.07, 6.45) is 3.17. The zero-order valence-electron chi connectivity index (χ0n) is 7.47. The maximum atomic E-state index is 10.8. The van der Waals surface area contributed by atoms with Crippen molar-refractivity contribution in [2.45, 2.75) is 31.3 Å². The molecule has 0 aliphatic heterocycles. The molecule has 0 bridgehead atoms. The molecular formula is C8H17N3O. The Morgan fingerprint density at radius 2 is 2.33 bits per heavy atom. The van der Waals surface area contributed by atoms with Crippen molar-refractivity contribution in [3.8, 4) is 0 Å². The summed E-state index contributed by atoms with van der Waals surface area (Å²) in [6.45, 7) is 0.411. The largest absolute Gasteiger partial charge is 0.358 e. The highest BCUT2D eigenvalue weighted by Crippen LogP contribution is 2.16. The fourth-order valence-electron chi connectivity index (χ4n) is 1.53. The van der Waals surface area contributed by atoms with E-state index < -0.39 is 0 Å². The van der Waals surface area contributed by atoms with Gasteiger partial charge in [0.2, 0.25) is 5.91 Å². The molecule has 0 aromatic rings. The predicted octanol–water partition coefficient (Wildman–Crippen LogP) is -0.798. The quantitative estimate of drug-likeness (QED) is 0.521. The van der Waals surface area contributed by atoms with Crippen LogP contribution in [0.2, 0.25) is 0 Å². The van der Waals surface area contributed by atoms with E-state index in [0.29, 0.717) is 18.6 Å². The molecule has 4 N–H and O–H groups in total. The SMILES string of the molecule is CNC(=O)CNC1CCC(N)C1. The molecule has 4 nitrogen and oxygen atoms in total. The molecule has 0 aromatic heterocycles. The standard InChI is InChI=1S/C8H17N3O/c1-10-8(12)5-11-7-3-2-6(9)4-7/h6-7,11H,2-5,9H2,1H3,(H,10,12). The third-order valence-electron chi connectivity index (χ3n) is 2.30. The van der Waals surface area contributed by atoms with Crippen LogP contribution in [0.15, 0.2) is 0 Å². The number of hydrogen-bond donors (Lipinski definition) is 3. The Labute approximate surface area is 72.9 Å². The predicted molar refractivity (Wildman–Crippen MR) is 47.7 cm³/mol. The minimum Gasteiger partial charge on any atom is -0.358 e. The van der Waals surface area contributed by atoms with Gasteiger partial charge in [0.15, 0.2) is 0 Å². The number of carbonyl (C=O) groups is 1. The third kappa shape index (κ3) is 2.79. The molecule has 0 aromatic carbocycles. The molecule has 1 aliphatic rings. The maximum Gasteiger partial charge on any atom is 0.233 e. The number of rotatable bonds is 3. The normalized spacial score (nSPS) is 28.8. The van der Waals surface area contributed by atoms with Crippen molar-refractivity contribution in [3.63, 3.8) is 0 Å². The summed E-state index contributed by atoms with van der Waals surface area (Å²) in [5.74, 6) is 0.0375. The van der Waals surface area contributed by atoms with E-state index in [-0.39, 0.29) is 5.91 Å². The Kier molecular flexibility index (Phi) is 3.49. The average molecular weight is 171 g/mol. The lowest BCUT2D eigenvalue weighted by Gasteiger charge is -2.10. The molecule has 1 rings (SSSR count). The Bertz CT molecular complexity index is 160. The van der Waals surface area contributed by atoms with Crippen molar-refractivity contribution in [3.05, 3.63) is 0 Å². The molecule has 0 radical (unpaired) electrons. The molecule has 0 saturated heterocycles. The summed E-state index contributed by atoms with van der Waals surface area (Å²) < 4.78 is 0. The molecule has 1 fully saturated rings. The van der Waals surface area contributed by atoms with Gasteiger partial charge in [-0.05, 0) is 19.3 Å². The lowest BCUT2D eigenvalue weighted by molar-refractivity contribution is -0.119. The third-order valence-corrected chi connectivity index (χ3v) is 2.30. The zero-order valence-corrected chi connectivity index (χ0v) is 7.47. The van der Waals surface area contributed by atoms with Gasteiger partial charge in [0.1, 0.15) is 0 Å². The van der Waals surface area contributed by atoms with Gasteiger partial charge in [0, 0.05) is 19.1 Å². The maximum absolute atomic E-state index is 10.8. The number of likely N-dealkylation sites (N-methyl/N-ethyl adjacent to an activating group) is 1. The molecule has 0 spiro atoms. The highest BCUT2D eigenvalue weighted by molar-refractivity contribution is 5.77. The molecule has 2 unspecified atom stereocenters. The van der Waals surface area contributed by atoms with Crippen molar-refractivity contribution in [2.75, 3.05) is 13.6 Å². The van der Waals surface area contributed by atoms with E-state index in [1.165, 1.54) is 0 Å². The number of nitrogens with one attached hydrogen (secondary N) is 2. The lowest BCUT2D eigenvalue weighted by Crippen LogP contribution is -2.37. The van der Waals surface area contributed by atoms with Crippen molar-refractivity contribution in [2.24, 2.45) is 5.73 Å². The number of carbonyl (C=O) groups excluding carboxylic acids is 1. The Balaban J connectivity index is 2.11. The first-order chi connectivity index (χ1) is 5.72. The number of amides is 1. The monoisotopic (exact) mass is 171 g/mol. The van der Waals surface area contributed by atoms with Gasteiger partial charge in [-0.1, -0.05) is 0 Å². The molecule has 0 heterocycles. The van der Waals surface area contributed by atoms with Gasteiger partial charge in [0.05, 0.1) is 6.54 Å². The number of hydrogen-bond acceptors (Lipinski definition) is 3. The van der Waals surface area contributed by atoms with Crippen molar-refractivity contribution in [1.82, 2.24) is 10.6 Å². The van der Waals surface area contributed by atoms with Gasteiger partial charge in [-0.15, -0.1) is 0 Å². The molecule has 4 heteroatoms. The van der Waals surface area contributed by atoms with Crippen LogP contribution in [-0.2, 0) is 4.79 Å². The molecule has 1 amide bonds. The Morgan fingerprint density at radius 3 is 2.83 bits per heavy atom. The summed E-state index contributed by atoms with van der Waals surface area (Å²) in [7, 11) is 1.64. The summed E-state index contributed by atoms with van der Waals surface area (Å²) in [5, 5.41) is 5.74. The van der Waals surface area contributed by atoms with Crippen molar-refractivity contribution in [1.29, 1.82) is 0 Å². The first-order valence-corrected chi connectivity index (χ1v) is 4.42. The van der Waals surface area contributed by atoms with E-state index in [9.17, 15) is 4.79 Å². The molecule has 2 atom stereocenters. The summed E-state index contributed by atoms with van der Waals surface area (Å²) in [6, 6.07) is 0.768. The van der Waals surface area contributed by atoms with Crippen LogP contribution in [0.25, 0.3) is 0 Å².